The normalized spacial score (nSPS) is 21.0. The summed E-state index contributed by atoms with van der Waals surface area (Å²) in [6, 6.07) is 1.97. The van der Waals surface area contributed by atoms with E-state index in [1.807, 2.05) is 20.0 Å². The maximum Gasteiger partial charge on any atom is 0.252 e. The summed E-state index contributed by atoms with van der Waals surface area (Å²) in [6.45, 7) is 4.14. The molecule has 122 valence electrons. The minimum Gasteiger partial charge on any atom is -0.381 e. The molecule has 1 saturated carbocycles. The molecule has 1 unspecified atom stereocenters. The molecular formula is C17H22N4O2. The molecule has 23 heavy (non-hydrogen) atoms. The van der Waals surface area contributed by atoms with Gasteiger partial charge >= 0.3 is 0 Å². The van der Waals surface area contributed by atoms with Crippen molar-refractivity contribution in [3.8, 4) is 0 Å². The van der Waals surface area contributed by atoms with Gasteiger partial charge in [-0.3, -0.25) is 9.48 Å². The first kappa shape index (κ1) is 14.6. The number of nitrogens with one attached hydrogen (secondary N) is 1. The summed E-state index contributed by atoms with van der Waals surface area (Å²) in [7, 11) is 1.89. The quantitative estimate of drug-likeness (QED) is 0.936. The molecule has 2 aromatic heterocycles. The lowest BCUT2D eigenvalue weighted by Crippen LogP contribution is -2.29. The van der Waals surface area contributed by atoms with Crippen LogP contribution in [0.2, 0.25) is 0 Å². The average Bonchev–Trinajstić information content (AvgIpc) is 3.19. The second-order valence-corrected chi connectivity index (χ2v) is 6.72. The largest absolute Gasteiger partial charge is 0.381 e. The van der Waals surface area contributed by atoms with Gasteiger partial charge in [0.1, 0.15) is 0 Å². The molecule has 0 spiro atoms. The zero-order valence-corrected chi connectivity index (χ0v) is 13.6. The van der Waals surface area contributed by atoms with Crippen molar-refractivity contribution < 1.29 is 9.53 Å². The smallest absolute Gasteiger partial charge is 0.252 e. The Balaban J connectivity index is 1.67. The monoisotopic (exact) mass is 314 g/mol. The number of hydrogen-bond acceptors (Lipinski definition) is 4. The third-order valence-electron chi connectivity index (χ3n) is 4.80. The van der Waals surface area contributed by atoms with Crippen molar-refractivity contribution in [1.29, 1.82) is 0 Å². The van der Waals surface area contributed by atoms with Crippen LogP contribution < -0.4 is 5.32 Å². The van der Waals surface area contributed by atoms with E-state index in [9.17, 15) is 4.79 Å². The zero-order chi connectivity index (χ0) is 16.0. The molecule has 4 rings (SSSR count). The second-order valence-electron chi connectivity index (χ2n) is 6.72. The fourth-order valence-electron chi connectivity index (χ4n) is 3.31. The van der Waals surface area contributed by atoms with Gasteiger partial charge in [0.2, 0.25) is 0 Å². The molecule has 2 fully saturated rings. The van der Waals surface area contributed by atoms with Crippen LogP contribution >= 0.6 is 0 Å². The van der Waals surface area contributed by atoms with Crippen molar-refractivity contribution in [2.75, 3.05) is 19.8 Å². The van der Waals surface area contributed by atoms with Crippen molar-refractivity contribution in [3.63, 3.8) is 0 Å². The van der Waals surface area contributed by atoms with Gasteiger partial charge in [0.15, 0.2) is 5.65 Å². The molecule has 2 aliphatic rings. The fourth-order valence-corrected chi connectivity index (χ4v) is 3.31. The van der Waals surface area contributed by atoms with Gasteiger partial charge in [-0.05, 0) is 32.3 Å². The minimum absolute atomic E-state index is 0.0256. The van der Waals surface area contributed by atoms with Crippen molar-refractivity contribution in [3.05, 3.63) is 23.0 Å². The molecule has 1 amide bonds. The maximum atomic E-state index is 12.8. The van der Waals surface area contributed by atoms with E-state index >= 15 is 0 Å². The predicted molar refractivity (Wildman–Crippen MR) is 86.5 cm³/mol. The molecule has 1 saturated heterocycles. The SMILES string of the molecule is Cc1nn(C)c2nc(C3CC3)cc(C(=O)NCC3CCOC3)c12. The molecule has 1 aliphatic carbocycles. The lowest BCUT2D eigenvalue weighted by Gasteiger charge is -2.11. The van der Waals surface area contributed by atoms with Gasteiger partial charge in [-0.15, -0.1) is 0 Å². The van der Waals surface area contributed by atoms with Crippen molar-refractivity contribution in [2.45, 2.75) is 32.1 Å². The highest BCUT2D eigenvalue weighted by Gasteiger charge is 2.28. The average molecular weight is 314 g/mol. The first-order valence-corrected chi connectivity index (χ1v) is 8.33. The van der Waals surface area contributed by atoms with Crippen LogP contribution in [0.1, 0.15) is 46.9 Å². The molecule has 6 nitrogen and oxygen atoms in total. The van der Waals surface area contributed by atoms with Crippen LogP contribution in [-0.2, 0) is 11.8 Å². The van der Waals surface area contributed by atoms with Crippen molar-refractivity contribution in [2.24, 2.45) is 13.0 Å². The Morgan fingerprint density at radius 1 is 1.43 bits per heavy atom. The van der Waals surface area contributed by atoms with Gasteiger partial charge in [0.25, 0.3) is 5.91 Å². The van der Waals surface area contributed by atoms with Gasteiger partial charge in [-0.25, -0.2) is 4.98 Å². The lowest BCUT2D eigenvalue weighted by molar-refractivity contribution is 0.0946. The van der Waals surface area contributed by atoms with Crippen LogP contribution in [-0.4, -0.2) is 40.4 Å². The topological polar surface area (TPSA) is 69.0 Å². The van der Waals surface area contributed by atoms with E-state index in [-0.39, 0.29) is 5.91 Å². The molecule has 1 atom stereocenters. The highest BCUT2D eigenvalue weighted by molar-refractivity contribution is 6.06. The fraction of sp³-hybridized carbons (Fsp3) is 0.588. The highest BCUT2D eigenvalue weighted by Crippen LogP contribution is 2.40. The van der Waals surface area contributed by atoms with E-state index in [4.69, 9.17) is 9.72 Å². The molecule has 3 heterocycles. The van der Waals surface area contributed by atoms with E-state index in [1.165, 1.54) is 0 Å². The minimum atomic E-state index is -0.0256. The van der Waals surface area contributed by atoms with Gasteiger partial charge in [0.05, 0.1) is 23.3 Å². The van der Waals surface area contributed by atoms with Gasteiger partial charge in [-0.1, -0.05) is 0 Å². The standard InChI is InChI=1S/C17H22N4O2/c1-10-15-13(17(22)18-8-11-5-6-23-9-11)7-14(12-3-4-12)19-16(15)21(2)20-10/h7,11-12H,3-6,8-9H2,1-2H3,(H,18,22). The van der Waals surface area contributed by atoms with Crippen LogP contribution in [0, 0.1) is 12.8 Å². The summed E-state index contributed by atoms with van der Waals surface area (Å²) < 4.78 is 7.15. The number of pyridine rings is 1. The Kier molecular flexibility index (Phi) is 3.56. The molecule has 2 aromatic rings. The summed E-state index contributed by atoms with van der Waals surface area (Å²) in [5.74, 6) is 0.904. The third-order valence-corrected chi connectivity index (χ3v) is 4.80. The number of rotatable bonds is 4. The summed E-state index contributed by atoms with van der Waals surface area (Å²) in [5, 5.41) is 8.39. The van der Waals surface area contributed by atoms with Crippen LogP contribution in [0.5, 0.6) is 0 Å². The number of aromatic nitrogens is 3. The molecule has 6 heteroatoms. The predicted octanol–water partition coefficient (Wildman–Crippen LogP) is 1.92. The van der Waals surface area contributed by atoms with E-state index in [0.717, 1.165) is 54.9 Å². The summed E-state index contributed by atoms with van der Waals surface area (Å²) >= 11 is 0. The molecule has 1 N–H and O–H groups in total. The number of carbonyl (C=O) groups is 1. The number of carbonyl (C=O) groups excluding carboxylic acids is 1. The molecule has 0 bridgehead atoms. The van der Waals surface area contributed by atoms with Gasteiger partial charge in [-0.2, -0.15) is 5.10 Å². The van der Waals surface area contributed by atoms with Crippen molar-refractivity contribution >= 4 is 16.9 Å². The first-order chi connectivity index (χ1) is 11.1. The van der Waals surface area contributed by atoms with Crippen LogP contribution in [0.3, 0.4) is 0 Å². The van der Waals surface area contributed by atoms with E-state index < -0.39 is 0 Å². The number of amides is 1. The first-order valence-electron chi connectivity index (χ1n) is 8.33. The Hall–Kier alpha value is -1.95. The summed E-state index contributed by atoms with van der Waals surface area (Å²) in [5.41, 5.74) is 3.39. The summed E-state index contributed by atoms with van der Waals surface area (Å²) in [6.07, 6.45) is 3.34. The Labute approximate surface area is 135 Å². The zero-order valence-electron chi connectivity index (χ0n) is 13.6. The van der Waals surface area contributed by atoms with Crippen LogP contribution in [0.15, 0.2) is 6.07 Å². The van der Waals surface area contributed by atoms with Gasteiger partial charge < -0.3 is 10.1 Å². The van der Waals surface area contributed by atoms with Crippen LogP contribution in [0.4, 0.5) is 0 Å². The van der Waals surface area contributed by atoms with E-state index in [2.05, 4.69) is 10.4 Å². The number of aryl methyl sites for hydroxylation is 2. The highest BCUT2D eigenvalue weighted by atomic mass is 16.5. The van der Waals surface area contributed by atoms with Gasteiger partial charge in [0, 0.05) is 37.7 Å². The lowest BCUT2D eigenvalue weighted by atomic mass is 10.1. The number of fused-ring (bicyclic) bond motifs is 1. The Morgan fingerprint density at radius 3 is 2.96 bits per heavy atom. The molecule has 0 radical (unpaired) electrons. The Bertz CT molecular complexity index is 758. The third kappa shape index (κ3) is 2.72. The maximum absolute atomic E-state index is 12.8. The second kappa shape index (κ2) is 5.60. The molecular weight excluding hydrogens is 292 g/mol. The van der Waals surface area contributed by atoms with Crippen LogP contribution in [0.25, 0.3) is 11.0 Å². The molecule has 1 aliphatic heterocycles. The number of nitrogens with zero attached hydrogens (tertiary/aromatic N) is 3. The number of ether oxygens (including phenoxy) is 1. The van der Waals surface area contributed by atoms with E-state index in [0.29, 0.717) is 23.9 Å². The van der Waals surface area contributed by atoms with E-state index in [1.54, 1.807) is 4.68 Å². The summed E-state index contributed by atoms with van der Waals surface area (Å²) in [4.78, 5) is 17.5. The molecule has 0 aromatic carbocycles. The number of hydrogen-bond donors (Lipinski definition) is 1. The Morgan fingerprint density at radius 2 is 2.26 bits per heavy atom. The van der Waals surface area contributed by atoms with Crippen molar-refractivity contribution in [1.82, 2.24) is 20.1 Å².